The Morgan fingerprint density at radius 1 is 1.40 bits per heavy atom. The average Bonchev–Trinajstić information content (AvgIpc) is 2.79. The summed E-state index contributed by atoms with van der Waals surface area (Å²) in [5, 5.41) is 11.3. The van der Waals surface area contributed by atoms with Gasteiger partial charge in [-0.3, -0.25) is 9.48 Å². The summed E-state index contributed by atoms with van der Waals surface area (Å²) in [6.07, 6.45) is 0. The van der Waals surface area contributed by atoms with Crippen molar-refractivity contribution in [3.63, 3.8) is 0 Å². The number of amides is 1. The van der Waals surface area contributed by atoms with E-state index in [0.717, 1.165) is 23.5 Å². The maximum atomic E-state index is 11.2. The lowest BCUT2D eigenvalue weighted by Crippen LogP contribution is -2.08. The molecule has 0 saturated carbocycles. The number of nitrogens with one attached hydrogen (secondary N) is 2. The lowest BCUT2D eigenvalue weighted by atomic mass is 10.2. The number of methoxy groups -OCH3 is 1. The van der Waals surface area contributed by atoms with Crippen LogP contribution < -0.4 is 15.4 Å². The molecule has 0 radical (unpaired) electrons. The van der Waals surface area contributed by atoms with E-state index in [1.807, 2.05) is 23.7 Å². The van der Waals surface area contributed by atoms with Gasteiger partial charge in [0.1, 0.15) is 10.9 Å². The Hall–Kier alpha value is -2.21. The maximum Gasteiger partial charge on any atom is 0.221 e. The number of nitrogens with zero attached hydrogens (tertiary/aromatic N) is 2. The van der Waals surface area contributed by atoms with Crippen molar-refractivity contribution in [2.45, 2.75) is 40.8 Å². The van der Waals surface area contributed by atoms with E-state index in [1.165, 1.54) is 6.92 Å². The lowest BCUT2D eigenvalue weighted by Gasteiger charge is -2.12. The predicted octanol–water partition coefficient (Wildman–Crippen LogP) is 4.08. The molecular weight excluding hydrogens is 340 g/mol. The quantitative estimate of drug-likeness (QED) is 0.776. The van der Waals surface area contributed by atoms with E-state index in [2.05, 4.69) is 29.6 Å². The molecule has 0 bridgehead atoms. The Kier molecular flexibility index (Phi) is 6.31. The Morgan fingerprint density at radius 3 is 2.72 bits per heavy atom. The first kappa shape index (κ1) is 19.1. The van der Waals surface area contributed by atoms with Crippen LogP contribution in [-0.2, 0) is 17.9 Å². The summed E-state index contributed by atoms with van der Waals surface area (Å²) in [6, 6.07) is 5.53. The van der Waals surface area contributed by atoms with Gasteiger partial charge in [-0.1, -0.05) is 25.4 Å². The van der Waals surface area contributed by atoms with Gasteiger partial charge in [0.25, 0.3) is 0 Å². The molecule has 0 spiro atoms. The summed E-state index contributed by atoms with van der Waals surface area (Å²) in [4.78, 5) is 11.2. The summed E-state index contributed by atoms with van der Waals surface area (Å²) in [5.41, 5.74) is 3.41. The van der Waals surface area contributed by atoms with Crippen LogP contribution in [0.5, 0.6) is 5.75 Å². The van der Waals surface area contributed by atoms with E-state index in [-0.39, 0.29) is 5.91 Å². The van der Waals surface area contributed by atoms with Crippen molar-refractivity contribution in [2.24, 2.45) is 5.92 Å². The maximum absolute atomic E-state index is 11.2. The van der Waals surface area contributed by atoms with E-state index < -0.39 is 0 Å². The summed E-state index contributed by atoms with van der Waals surface area (Å²) in [5.74, 6) is 0.931. The first-order valence-electron chi connectivity index (χ1n) is 8.23. The van der Waals surface area contributed by atoms with Gasteiger partial charge in [-0.05, 0) is 25.0 Å². The Balaban J connectivity index is 2.13. The molecular formula is C18H25ClN4O2. The summed E-state index contributed by atoms with van der Waals surface area (Å²) in [6.45, 7) is 9.04. The van der Waals surface area contributed by atoms with Crippen LogP contribution in [0.2, 0.25) is 5.15 Å². The highest BCUT2D eigenvalue weighted by Gasteiger charge is 2.14. The molecule has 0 unspecified atom stereocenters. The molecule has 0 aliphatic rings. The van der Waals surface area contributed by atoms with Crippen LogP contribution in [0.3, 0.4) is 0 Å². The summed E-state index contributed by atoms with van der Waals surface area (Å²) in [7, 11) is 1.57. The van der Waals surface area contributed by atoms with Crippen molar-refractivity contribution in [2.75, 3.05) is 17.7 Å². The molecule has 136 valence electrons. The molecule has 0 aliphatic heterocycles. The number of anilines is 2. The third-order valence-corrected chi connectivity index (χ3v) is 4.13. The average molecular weight is 365 g/mol. The number of benzene rings is 1. The minimum atomic E-state index is -0.140. The van der Waals surface area contributed by atoms with Gasteiger partial charge in [-0.15, -0.1) is 0 Å². The molecule has 2 N–H and O–H groups in total. The van der Waals surface area contributed by atoms with Gasteiger partial charge in [0, 0.05) is 37.3 Å². The van der Waals surface area contributed by atoms with Crippen molar-refractivity contribution in [1.82, 2.24) is 9.78 Å². The topological polar surface area (TPSA) is 68.2 Å². The fourth-order valence-electron chi connectivity index (χ4n) is 2.54. The number of carbonyl (C=O) groups is 1. The molecule has 0 atom stereocenters. The predicted molar refractivity (Wildman–Crippen MR) is 101 cm³/mol. The zero-order valence-electron chi connectivity index (χ0n) is 15.3. The van der Waals surface area contributed by atoms with E-state index in [4.69, 9.17) is 16.3 Å². The van der Waals surface area contributed by atoms with Gasteiger partial charge in [0.15, 0.2) is 0 Å². The van der Waals surface area contributed by atoms with Crippen LogP contribution in [0.1, 0.15) is 32.0 Å². The summed E-state index contributed by atoms with van der Waals surface area (Å²) >= 11 is 6.47. The molecule has 7 heteroatoms. The van der Waals surface area contributed by atoms with E-state index in [0.29, 0.717) is 29.1 Å². The third-order valence-electron chi connectivity index (χ3n) is 3.70. The largest absolute Gasteiger partial charge is 0.494 e. The minimum absolute atomic E-state index is 0.140. The number of carbonyl (C=O) groups excluding carboxylic acids is 1. The number of halogens is 1. The number of hydrogen-bond acceptors (Lipinski definition) is 4. The van der Waals surface area contributed by atoms with E-state index >= 15 is 0 Å². The zero-order valence-corrected chi connectivity index (χ0v) is 16.1. The second-order valence-corrected chi connectivity index (χ2v) is 6.74. The number of rotatable bonds is 7. The zero-order chi connectivity index (χ0) is 18.6. The highest BCUT2D eigenvalue weighted by Crippen LogP contribution is 2.29. The minimum Gasteiger partial charge on any atom is -0.494 e. The van der Waals surface area contributed by atoms with Crippen molar-refractivity contribution in [1.29, 1.82) is 0 Å². The molecule has 0 fully saturated rings. The van der Waals surface area contributed by atoms with Crippen LogP contribution in [0.4, 0.5) is 11.4 Å². The Labute approximate surface area is 153 Å². The number of aryl methyl sites for hydroxylation is 1. The third kappa shape index (κ3) is 4.89. The van der Waals surface area contributed by atoms with Crippen molar-refractivity contribution >= 4 is 28.9 Å². The van der Waals surface area contributed by atoms with Crippen LogP contribution >= 0.6 is 11.6 Å². The fraction of sp³-hybridized carbons (Fsp3) is 0.444. The highest BCUT2D eigenvalue weighted by atomic mass is 35.5. The summed E-state index contributed by atoms with van der Waals surface area (Å²) < 4.78 is 7.18. The molecule has 6 nitrogen and oxygen atoms in total. The number of aromatic nitrogens is 2. The first-order chi connectivity index (χ1) is 11.8. The normalized spacial score (nSPS) is 10.8. The Morgan fingerprint density at radius 2 is 2.12 bits per heavy atom. The van der Waals surface area contributed by atoms with Gasteiger partial charge in [0.2, 0.25) is 5.91 Å². The highest BCUT2D eigenvalue weighted by molar-refractivity contribution is 6.30. The second-order valence-electron chi connectivity index (χ2n) is 6.38. The van der Waals surface area contributed by atoms with Gasteiger partial charge >= 0.3 is 0 Å². The van der Waals surface area contributed by atoms with Crippen LogP contribution in [0, 0.1) is 12.8 Å². The van der Waals surface area contributed by atoms with Crippen LogP contribution in [0.15, 0.2) is 18.2 Å². The molecule has 2 aromatic rings. The standard InChI is InChI=1S/C18H25ClN4O2/c1-11(2)10-23-18(19)15(12(3)22-23)9-20-14-6-7-16(21-13(4)24)17(8-14)25-5/h6-8,11,20H,9-10H2,1-5H3,(H,21,24). The molecule has 1 aromatic carbocycles. The van der Waals surface area contributed by atoms with Crippen molar-refractivity contribution < 1.29 is 9.53 Å². The molecule has 1 amide bonds. The fourth-order valence-corrected chi connectivity index (χ4v) is 2.85. The molecule has 0 aliphatic carbocycles. The van der Waals surface area contributed by atoms with Gasteiger partial charge in [-0.25, -0.2) is 0 Å². The van der Waals surface area contributed by atoms with Crippen molar-refractivity contribution in [3.8, 4) is 5.75 Å². The number of hydrogen-bond donors (Lipinski definition) is 2. The smallest absolute Gasteiger partial charge is 0.221 e. The number of ether oxygens (including phenoxy) is 1. The molecule has 25 heavy (non-hydrogen) atoms. The van der Waals surface area contributed by atoms with E-state index in [9.17, 15) is 4.79 Å². The molecule has 1 aromatic heterocycles. The molecule has 2 rings (SSSR count). The van der Waals surface area contributed by atoms with Crippen molar-refractivity contribution in [3.05, 3.63) is 34.6 Å². The SMILES string of the molecule is COc1cc(NCc2c(C)nn(CC(C)C)c2Cl)ccc1NC(C)=O. The van der Waals surface area contributed by atoms with E-state index in [1.54, 1.807) is 13.2 Å². The molecule has 0 saturated heterocycles. The Bertz CT molecular complexity index is 756. The molecule has 1 heterocycles. The van der Waals surface area contributed by atoms with Crippen LogP contribution in [-0.4, -0.2) is 22.8 Å². The van der Waals surface area contributed by atoms with Crippen LogP contribution in [0.25, 0.3) is 0 Å². The van der Waals surface area contributed by atoms with Gasteiger partial charge < -0.3 is 15.4 Å². The first-order valence-corrected chi connectivity index (χ1v) is 8.60. The lowest BCUT2D eigenvalue weighted by molar-refractivity contribution is -0.114. The van der Waals surface area contributed by atoms with Gasteiger partial charge in [-0.2, -0.15) is 5.10 Å². The van der Waals surface area contributed by atoms with Gasteiger partial charge in [0.05, 0.1) is 18.5 Å². The second kappa shape index (κ2) is 8.25. The monoisotopic (exact) mass is 364 g/mol.